The van der Waals surface area contributed by atoms with E-state index < -0.39 is 0 Å². The second-order valence-corrected chi connectivity index (χ2v) is 7.87. The molecule has 0 aliphatic carbocycles. The lowest BCUT2D eigenvalue weighted by Crippen LogP contribution is -2.42. The van der Waals surface area contributed by atoms with E-state index >= 15 is 0 Å². The van der Waals surface area contributed by atoms with E-state index in [9.17, 15) is 9.59 Å². The van der Waals surface area contributed by atoms with E-state index in [4.69, 9.17) is 14.5 Å². The van der Waals surface area contributed by atoms with Gasteiger partial charge in [-0.25, -0.2) is 4.98 Å². The number of likely N-dealkylation sites (tertiary alicyclic amines) is 1. The van der Waals surface area contributed by atoms with E-state index in [0.29, 0.717) is 31.9 Å². The Morgan fingerprint density at radius 1 is 1.06 bits per heavy atom. The van der Waals surface area contributed by atoms with Crippen molar-refractivity contribution >= 4 is 22.8 Å². The fourth-order valence-electron chi connectivity index (χ4n) is 4.17. The minimum absolute atomic E-state index is 0.0789. The van der Waals surface area contributed by atoms with Gasteiger partial charge in [-0.15, -0.1) is 0 Å². The van der Waals surface area contributed by atoms with Crippen molar-refractivity contribution in [3.63, 3.8) is 0 Å². The lowest BCUT2D eigenvalue weighted by molar-refractivity contribution is -0.149. The van der Waals surface area contributed by atoms with Gasteiger partial charge in [0.15, 0.2) is 0 Å². The maximum atomic E-state index is 13.6. The molecule has 1 atom stereocenters. The summed E-state index contributed by atoms with van der Waals surface area (Å²) in [5.74, 6) is 0.224. The quantitative estimate of drug-likeness (QED) is 0.528. The Morgan fingerprint density at radius 3 is 2.59 bits per heavy atom. The van der Waals surface area contributed by atoms with Crippen molar-refractivity contribution in [2.75, 3.05) is 26.3 Å². The number of esters is 1. The molecule has 166 valence electrons. The zero-order valence-corrected chi connectivity index (χ0v) is 18.5. The van der Waals surface area contributed by atoms with E-state index in [-0.39, 0.29) is 17.8 Å². The summed E-state index contributed by atoms with van der Waals surface area (Å²) < 4.78 is 10.7. The third-order valence-corrected chi connectivity index (χ3v) is 5.74. The molecule has 3 aromatic rings. The second kappa shape index (κ2) is 9.81. The molecule has 2 aromatic carbocycles. The first-order valence-corrected chi connectivity index (χ1v) is 11.2. The van der Waals surface area contributed by atoms with Crippen LogP contribution in [0.4, 0.5) is 0 Å². The van der Waals surface area contributed by atoms with Crippen molar-refractivity contribution in [1.82, 2.24) is 9.88 Å². The number of benzene rings is 2. The number of rotatable bonds is 6. The third-order valence-electron chi connectivity index (χ3n) is 5.74. The molecule has 1 fully saturated rings. The first-order chi connectivity index (χ1) is 15.6. The highest BCUT2D eigenvalue weighted by atomic mass is 16.5. The maximum absolute atomic E-state index is 13.6. The Labute approximate surface area is 188 Å². The molecule has 32 heavy (non-hydrogen) atoms. The lowest BCUT2D eigenvalue weighted by atomic mass is 9.96. The summed E-state index contributed by atoms with van der Waals surface area (Å²) in [6.07, 6.45) is 1.53. The number of hydrogen-bond acceptors (Lipinski definition) is 5. The summed E-state index contributed by atoms with van der Waals surface area (Å²) >= 11 is 0. The van der Waals surface area contributed by atoms with Crippen molar-refractivity contribution in [1.29, 1.82) is 0 Å². The Kier molecular flexibility index (Phi) is 6.69. The molecule has 1 aromatic heterocycles. The van der Waals surface area contributed by atoms with Crippen LogP contribution in [0.2, 0.25) is 0 Å². The fraction of sp³-hybridized carbons (Fsp3) is 0.346. The largest absolute Gasteiger partial charge is 0.494 e. The monoisotopic (exact) mass is 432 g/mol. The summed E-state index contributed by atoms with van der Waals surface area (Å²) in [4.78, 5) is 32.4. The molecule has 1 saturated heterocycles. The average molecular weight is 433 g/mol. The second-order valence-electron chi connectivity index (χ2n) is 7.87. The minimum Gasteiger partial charge on any atom is -0.494 e. The Balaban J connectivity index is 1.68. The fourth-order valence-corrected chi connectivity index (χ4v) is 4.17. The van der Waals surface area contributed by atoms with Crippen molar-refractivity contribution in [2.45, 2.75) is 26.7 Å². The standard InChI is InChI=1S/C26H28N2O4/c1-3-31-20-13-11-18(12-14-20)24-16-22(21-9-5-6-10-23(21)27-24)25(29)28-15-7-8-19(17-28)26(30)32-4-2/h5-6,9-14,16,19H,3-4,7-8,15,17H2,1-2H3/t19-/m1/s1. The Bertz CT molecular complexity index is 1110. The van der Waals surface area contributed by atoms with Crippen molar-refractivity contribution < 1.29 is 19.1 Å². The lowest BCUT2D eigenvalue weighted by Gasteiger charge is -2.32. The molecule has 4 rings (SSSR count). The van der Waals surface area contributed by atoms with Crippen LogP contribution >= 0.6 is 0 Å². The van der Waals surface area contributed by atoms with Gasteiger partial charge in [0, 0.05) is 24.0 Å². The summed E-state index contributed by atoms with van der Waals surface area (Å²) in [5, 5.41) is 0.811. The van der Waals surface area contributed by atoms with E-state index in [1.807, 2.05) is 61.5 Å². The van der Waals surface area contributed by atoms with Crippen molar-refractivity contribution in [2.24, 2.45) is 5.92 Å². The van der Waals surface area contributed by atoms with Gasteiger partial charge in [0.25, 0.3) is 5.91 Å². The van der Waals surface area contributed by atoms with Crippen LogP contribution in [0, 0.1) is 5.92 Å². The predicted octanol–water partition coefficient (Wildman–Crippen LogP) is 4.72. The highest BCUT2D eigenvalue weighted by molar-refractivity contribution is 6.07. The predicted molar refractivity (Wildman–Crippen MR) is 124 cm³/mol. The number of ether oxygens (including phenoxy) is 2. The molecule has 6 heteroatoms. The molecule has 1 aliphatic rings. The van der Waals surface area contributed by atoms with Crippen LogP contribution in [0.25, 0.3) is 22.2 Å². The topological polar surface area (TPSA) is 68.7 Å². The van der Waals surface area contributed by atoms with Crippen LogP contribution in [0.15, 0.2) is 54.6 Å². The first-order valence-electron chi connectivity index (χ1n) is 11.2. The molecule has 0 N–H and O–H groups in total. The number of fused-ring (bicyclic) bond motifs is 1. The maximum Gasteiger partial charge on any atom is 0.310 e. The highest BCUT2D eigenvalue weighted by Gasteiger charge is 2.30. The molecule has 0 bridgehead atoms. The van der Waals surface area contributed by atoms with Gasteiger partial charge in [0.05, 0.1) is 35.9 Å². The molecule has 0 saturated carbocycles. The van der Waals surface area contributed by atoms with E-state index in [0.717, 1.165) is 40.8 Å². The van der Waals surface area contributed by atoms with Crippen LogP contribution in [0.5, 0.6) is 5.75 Å². The zero-order chi connectivity index (χ0) is 22.5. The molecule has 6 nitrogen and oxygen atoms in total. The molecular formula is C26H28N2O4. The van der Waals surface area contributed by atoms with Gasteiger partial charge in [-0.1, -0.05) is 18.2 Å². The summed E-state index contributed by atoms with van der Waals surface area (Å²) in [5.41, 5.74) is 3.01. The number of para-hydroxylation sites is 1. The van der Waals surface area contributed by atoms with Crippen LogP contribution in [-0.4, -0.2) is 48.1 Å². The van der Waals surface area contributed by atoms with Gasteiger partial charge in [-0.3, -0.25) is 9.59 Å². The summed E-state index contributed by atoms with van der Waals surface area (Å²) in [6, 6.07) is 17.2. The van der Waals surface area contributed by atoms with E-state index in [1.54, 1.807) is 11.8 Å². The molecular weight excluding hydrogens is 404 g/mol. The van der Waals surface area contributed by atoms with Gasteiger partial charge in [-0.2, -0.15) is 0 Å². The van der Waals surface area contributed by atoms with Crippen LogP contribution in [-0.2, 0) is 9.53 Å². The van der Waals surface area contributed by atoms with E-state index in [1.165, 1.54) is 0 Å². The van der Waals surface area contributed by atoms with Gasteiger partial charge >= 0.3 is 5.97 Å². The van der Waals surface area contributed by atoms with Gasteiger partial charge in [-0.05, 0) is 63.1 Å². The number of hydrogen-bond donors (Lipinski definition) is 0. The van der Waals surface area contributed by atoms with E-state index in [2.05, 4.69) is 0 Å². The van der Waals surface area contributed by atoms with Crippen molar-refractivity contribution in [3.05, 3.63) is 60.2 Å². The average Bonchev–Trinajstić information content (AvgIpc) is 2.84. The molecule has 2 heterocycles. The molecule has 0 spiro atoms. The number of pyridine rings is 1. The summed E-state index contributed by atoms with van der Waals surface area (Å²) in [7, 11) is 0. The van der Waals surface area contributed by atoms with Crippen LogP contribution in [0.3, 0.4) is 0 Å². The Morgan fingerprint density at radius 2 is 1.84 bits per heavy atom. The number of carbonyl (C=O) groups is 2. The first kappa shape index (κ1) is 21.8. The molecule has 1 amide bonds. The third kappa shape index (κ3) is 4.59. The molecule has 0 radical (unpaired) electrons. The zero-order valence-electron chi connectivity index (χ0n) is 18.5. The number of amides is 1. The van der Waals surface area contributed by atoms with Gasteiger partial charge < -0.3 is 14.4 Å². The van der Waals surface area contributed by atoms with Crippen molar-refractivity contribution in [3.8, 4) is 17.0 Å². The molecule has 1 aliphatic heterocycles. The van der Waals surface area contributed by atoms with Gasteiger partial charge in [0.1, 0.15) is 5.75 Å². The van der Waals surface area contributed by atoms with Crippen LogP contribution < -0.4 is 4.74 Å². The number of aromatic nitrogens is 1. The van der Waals surface area contributed by atoms with Crippen LogP contribution in [0.1, 0.15) is 37.0 Å². The number of piperidine rings is 1. The number of carbonyl (C=O) groups excluding carboxylic acids is 2. The normalized spacial score (nSPS) is 16.1. The summed E-state index contributed by atoms with van der Waals surface area (Å²) in [6.45, 7) is 5.72. The molecule has 0 unspecified atom stereocenters. The Hall–Kier alpha value is -3.41. The number of nitrogens with zero attached hydrogens (tertiary/aromatic N) is 2. The minimum atomic E-state index is -0.272. The SMILES string of the molecule is CCOC(=O)[C@@H]1CCCN(C(=O)c2cc(-c3ccc(OCC)cc3)nc3ccccc23)C1. The highest BCUT2D eigenvalue weighted by Crippen LogP contribution is 2.28. The smallest absolute Gasteiger partial charge is 0.310 e. The van der Waals surface area contributed by atoms with Gasteiger partial charge in [0.2, 0.25) is 0 Å².